The fourth-order valence-electron chi connectivity index (χ4n) is 1.50. The zero-order valence-corrected chi connectivity index (χ0v) is 12.9. The SMILES string of the molecule is CCC(=O)OCOc1ccc(C=C2SC(=S)NC2=O)cc1. The van der Waals surface area contributed by atoms with Gasteiger partial charge in [0.25, 0.3) is 5.91 Å². The van der Waals surface area contributed by atoms with Crippen LogP contribution in [0.25, 0.3) is 6.08 Å². The normalized spacial score (nSPS) is 16.0. The molecule has 0 atom stereocenters. The van der Waals surface area contributed by atoms with E-state index in [2.05, 4.69) is 5.32 Å². The second-order valence-corrected chi connectivity index (χ2v) is 5.77. The average Bonchev–Trinajstić information content (AvgIpc) is 2.78. The number of nitrogens with one attached hydrogen (secondary N) is 1. The van der Waals surface area contributed by atoms with Crippen molar-refractivity contribution < 1.29 is 19.1 Å². The molecule has 1 heterocycles. The molecule has 1 aromatic carbocycles. The van der Waals surface area contributed by atoms with Gasteiger partial charge in [0.05, 0.1) is 4.91 Å². The van der Waals surface area contributed by atoms with E-state index in [1.165, 1.54) is 11.8 Å². The van der Waals surface area contributed by atoms with Crippen LogP contribution in [0.2, 0.25) is 0 Å². The summed E-state index contributed by atoms with van der Waals surface area (Å²) < 4.78 is 10.5. The van der Waals surface area contributed by atoms with Crippen LogP contribution in [-0.4, -0.2) is 23.0 Å². The molecule has 0 radical (unpaired) electrons. The molecule has 0 unspecified atom stereocenters. The molecule has 0 saturated carbocycles. The molecule has 1 aromatic rings. The molecule has 7 heteroatoms. The van der Waals surface area contributed by atoms with Crippen LogP contribution in [0.1, 0.15) is 18.9 Å². The van der Waals surface area contributed by atoms with Gasteiger partial charge in [0.1, 0.15) is 10.1 Å². The van der Waals surface area contributed by atoms with Crippen molar-refractivity contribution in [3.8, 4) is 5.75 Å². The van der Waals surface area contributed by atoms with E-state index in [4.69, 9.17) is 21.7 Å². The third kappa shape index (κ3) is 4.57. The van der Waals surface area contributed by atoms with Crippen LogP contribution in [0.3, 0.4) is 0 Å². The molecule has 1 aliphatic heterocycles. The van der Waals surface area contributed by atoms with E-state index in [0.29, 0.717) is 21.4 Å². The molecular formula is C14H13NO4S2. The first-order valence-electron chi connectivity index (χ1n) is 6.22. The van der Waals surface area contributed by atoms with Crippen LogP contribution in [-0.2, 0) is 14.3 Å². The number of thioether (sulfide) groups is 1. The summed E-state index contributed by atoms with van der Waals surface area (Å²) in [5, 5.41) is 2.56. The first kappa shape index (κ1) is 15.5. The maximum absolute atomic E-state index is 11.5. The third-order valence-electron chi connectivity index (χ3n) is 2.55. The van der Waals surface area contributed by atoms with E-state index in [1.54, 1.807) is 37.3 Å². The Kier molecular flexibility index (Phi) is 5.35. The summed E-state index contributed by atoms with van der Waals surface area (Å²) in [6.07, 6.45) is 2.07. The maximum atomic E-state index is 11.5. The zero-order valence-electron chi connectivity index (χ0n) is 11.3. The predicted octanol–water partition coefficient (Wildman–Crippen LogP) is 2.46. The van der Waals surface area contributed by atoms with Gasteiger partial charge >= 0.3 is 5.97 Å². The first-order valence-corrected chi connectivity index (χ1v) is 7.44. The topological polar surface area (TPSA) is 64.6 Å². The van der Waals surface area contributed by atoms with Crippen LogP contribution in [0, 0.1) is 0 Å². The zero-order chi connectivity index (χ0) is 15.2. The first-order chi connectivity index (χ1) is 10.1. The van der Waals surface area contributed by atoms with E-state index >= 15 is 0 Å². The van der Waals surface area contributed by atoms with Crippen molar-refractivity contribution in [2.75, 3.05) is 6.79 Å². The molecule has 5 nitrogen and oxygen atoms in total. The number of carbonyl (C=O) groups excluding carboxylic acids is 2. The Morgan fingerprint density at radius 3 is 2.67 bits per heavy atom. The number of ether oxygens (including phenoxy) is 2. The van der Waals surface area contributed by atoms with Crippen LogP contribution < -0.4 is 10.1 Å². The number of esters is 1. The monoisotopic (exact) mass is 323 g/mol. The van der Waals surface area contributed by atoms with Gasteiger partial charge in [-0.05, 0) is 23.8 Å². The summed E-state index contributed by atoms with van der Waals surface area (Å²) in [6, 6.07) is 7.09. The summed E-state index contributed by atoms with van der Waals surface area (Å²) in [4.78, 5) is 23.0. The molecule has 0 spiro atoms. The van der Waals surface area contributed by atoms with E-state index in [0.717, 1.165) is 5.56 Å². The molecule has 1 N–H and O–H groups in total. The van der Waals surface area contributed by atoms with Crippen molar-refractivity contribution in [3.63, 3.8) is 0 Å². The van der Waals surface area contributed by atoms with Gasteiger partial charge < -0.3 is 14.8 Å². The Labute approximate surface area is 131 Å². The molecule has 0 bridgehead atoms. The standard InChI is InChI=1S/C14H13NO4S2/c1-2-12(16)19-8-18-10-5-3-9(4-6-10)7-11-13(17)15-14(20)21-11/h3-7H,2,8H2,1H3,(H,15,17,20). The van der Waals surface area contributed by atoms with E-state index in [9.17, 15) is 9.59 Å². The lowest BCUT2D eigenvalue weighted by Gasteiger charge is -2.06. The van der Waals surface area contributed by atoms with Gasteiger partial charge in [0.15, 0.2) is 0 Å². The van der Waals surface area contributed by atoms with Gasteiger partial charge in [-0.25, -0.2) is 0 Å². The molecule has 0 aromatic heterocycles. The number of hydrogen-bond acceptors (Lipinski definition) is 6. The molecule has 21 heavy (non-hydrogen) atoms. The Balaban J connectivity index is 1.93. The van der Waals surface area contributed by atoms with Crippen LogP contribution in [0.4, 0.5) is 0 Å². The summed E-state index contributed by atoms with van der Waals surface area (Å²) in [6.45, 7) is 1.60. The number of amides is 1. The van der Waals surface area contributed by atoms with E-state index < -0.39 is 0 Å². The minimum atomic E-state index is -0.309. The lowest BCUT2D eigenvalue weighted by atomic mass is 10.2. The van der Waals surface area contributed by atoms with Gasteiger partial charge in [-0.3, -0.25) is 9.59 Å². The van der Waals surface area contributed by atoms with Gasteiger partial charge in [0, 0.05) is 6.42 Å². The Morgan fingerprint density at radius 2 is 2.10 bits per heavy atom. The molecule has 0 aliphatic carbocycles. The quantitative estimate of drug-likeness (QED) is 0.389. The van der Waals surface area contributed by atoms with Crippen LogP contribution >= 0.6 is 24.0 Å². The molecule has 1 amide bonds. The number of rotatable bonds is 5. The highest BCUT2D eigenvalue weighted by atomic mass is 32.2. The molecule has 1 saturated heterocycles. The summed E-state index contributed by atoms with van der Waals surface area (Å²) in [5.41, 5.74) is 0.857. The largest absolute Gasteiger partial charge is 0.457 e. The number of benzene rings is 1. The van der Waals surface area contributed by atoms with Crippen LogP contribution in [0.15, 0.2) is 29.2 Å². The Bertz CT molecular complexity index is 595. The molecular weight excluding hydrogens is 310 g/mol. The fraction of sp³-hybridized carbons (Fsp3) is 0.214. The van der Waals surface area contributed by atoms with Gasteiger partial charge in [-0.15, -0.1) is 0 Å². The minimum absolute atomic E-state index is 0.111. The Morgan fingerprint density at radius 1 is 1.38 bits per heavy atom. The van der Waals surface area contributed by atoms with Crippen molar-refractivity contribution in [1.29, 1.82) is 0 Å². The molecule has 1 aliphatic rings. The van der Waals surface area contributed by atoms with Crippen molar-refractivity contribution in [2.45, 2.75) is 13.3 Å². The molecule has 1 fully saturated rings. The Hall–Kier alpha value is -1.86. The van der Waals surface area contributed by atoms with E-state index in [1.807, 2.05) is 0 Å². The predicted molar refractivity (Wildman–Crippen MR) is 84.6 cm³/mol. The molecule has 2 rings (SSSR count). The summed E-state index contributed by atoms with van der Waals surface area (Å²) >= 11 is 6.15. The highest BCUT2D eigenvalue weighted by Gasteiger charge is 2.21. The van der Waals surface area contributed by atoms with E-state index in [-0.39, 0.29) is 18.7 Å². The fourth-order valence-corrected chi connectivity index (χ4v) is 2.54. The lowest BCUT2D eigenvalue weighted by molar-refractivity contribution is -0.149. The second-order valence-electron chi connectivity index (χ2n) is 4.05. The second kappa shape index (κ2) is 7.24. The summed E-state index contributed by atoms with van der Waals surface area (Å²) in [7, 11) is 0. The van der Waals surface area contributed by atoms with Gasteiger partial charge in [-0.2, -0.15) is 0 Å². The van der Waals surface area contributed by atoms with Crippen molar-refractivity contribution in [3.05, 3.63) is 34.7 Å². The third-order valence-corrected chi connectivity index (χ3v) is 3.72. The van der Waals surface area contributed by atoms with Crippen molar-refractivity contribution in [2.24, 2.45) is 0 Å². The molecule has 110 valence electrons. The van der Waals surface area contributed by atoms with Gasteiger partial charge in [-0.1, -0.05) is 43.0 Å². The van der Waals surface area contributed by atoms with Crippen molar-refractivity contribution in [1.82, 2.24) is 5.32 Å². The highest BCUT2D eigenvalue weighted by Crippen LogP contribution is 2.26. The lowest BCUT2D eigenvalue weighted by Crippen LogP contribution is -2.17. The smallest absolute Gasteiger partial charge is 0.308 e. The average molecular weight is 323 g/mol. The highest BCUT2D eigenvalue weighted by molar-refractivity contribution is 8.26. The maximum Gasteiger partial charge on any atom is 0.308 e. The van der Waals surface area contributed by atoms with Gasteiger partial charge in [0.2, 0.25) is 6.79 Å². The minimum Gasteiger partial charge on any atom is -0.457 e. The number of thiocarbonyl (C=S) groups is 1. The van der Waals surface area contributed by atoms with Crippen molar-refractivity contribution >= 4 is 46.3 Å². The number of hydrogen-bond donors (Lipinski definition) is 1. The summed E-state index contributed by atoms with van der Waals surface area (Å²) in [5.74, 6) is 0.0912. The van der Waals surface area contributed by atoms with Crippen LogP contribution in [0.5, 0.6) is 5.75 Å². The number of carbonyl (C=O) groups is 2.